The van der Waals surface area contributed by atoms with E-state index in [9.17, 15) is 13.2 Å². The molecule has 0 spiro atoms. The van der Waals surface area contributed by atoms with Gasteiger partial charge in [0, 0.05) is 25.6 Å². The Morgan fingerprint density at radius 1 is 1.19 bits per heavy atom. The molecule has 0 bridgehead atoms. The molecule has 1 amide bonds. The quantitative estimate of drug-likeness (QED) is 0.644. The van der Waals surface area contributed by atoms with Gasteiger partial charge in [-0.15, -0.1) is 0 Å². The van der Waals surface area contributed by atoms with Crippen LogP contribution >= 0.6 is 0 Å². The first-order chi connectivity index (χ1) is 15.1. The fourth-order valence-corrected chi connectivity index (χ4v) is 5.87. The third kappa shape index (κ3) is 5.50. The first-order valence-electron chi connectivity index (χ1n) is 11.1. The van der Waals surface area contributed by atoms with E-state index in [1.54, 1.807) is 13.8 Å². The number of nitrogens with one attached hydrogen (secondary N) is 1. The number of rotatable bonds is 8. The third-order valence-corrected chi connectivity index (χ3v) is 8.09. The lowest BCUT2D eigenvalue weighted by molar-refractivity contribution is -0.126. The first kappa shape index (κ1) is 24.3. The van der Waals surface area contributed by atoms with Crippen LogP contribution in [0.25, 0.3) is 0 Å². The highest BCUT2D eigenvalue weighted by molar-refractivity contribution is 7.89. The average Bonchev–Trinajstić information content (AvgIpc) is 3.11. The second kappa shape index (κ2) is 10.0. The zero-order valence-corrected chi connectivity index (χ0v) is 20.2. The Labute approximate surface area is 190 Å². The molecule has 1 aromatic heterocycles. The molecule has 1 fully saturated rings. The summed E-state index contributed by atoms with van der Waals surface area (Å²) in [6, 6.07) is 7.70. The molecule has 1 saturated heterocycles. The van der Waals surface area contributed by atoms with Crippen LogP contribution in [-0.4, -0.2) is 43.0 Å². The summed E-state index contributed by atoms with van der Waals surface area (Å²) < 4.78 is 38.1. The number of aromatic nitrogens is 1. The van der Waals surface area contributed by atoms with Crippen molar-refractivity contribution in [3.8, 4) is 5.75 Å². The summed E-state index contributed by atoms with van der Waals surface area (Å²) in [5.41, 5.74) is 1.38. The number of hydrogen-bond donors (Lipinski definition) is 1. The van der Waals surface area contributed by atoms with Crippen LogP contribution in [0.15, 0.2) is 33.7 Å². The van der Waals surface area contributed by atoms with E-state index in [1.165, 1.54) is 4.31 Å². The number of ether oxygens (including phenoxy) is 1. The van der Waals surface area contributed by atoms with Crippen molar-refractivity contribution in [2.45, 2.75) is 65.0 Å². The van der Waals surface area contributed by atoms with E-state index in [-0.39, 0.29) is 28.7 Å². The Bertz CT molecular complexity index is 1000. The van der Waals surface area contributed by atoms with Gasteiger partial charge < -0.3 is 14.6 Å². The molecule has 0 radical (unpaired) electrons. The molecule has 3 rings (SSSR count). The maximum absolute atomic E-state index is 13.0. The highest BCUT2D eigenvalue weighted by atomic mass is 32.2. The minimum atomic E-state index is -3.64. The lowest BCUT2D eigenvalue weighted by Crippen LogP contribution is -2.42. The summed E-state index contributed by atoms with van der Waals surface area (Å²) in [6.45, 7) is 10.3. The molecule has 0 aliphatic carbocycles. The smallest absolute Gasteiger partial charge is 0.248 e. The van der Waals surface area contributed by atoms with Crippen LogP contribution < -0.4 is 10.1 Å². The SMILES string of the molecule is Cc1noc(C)c1S(=O)(=O)N1CCC([C@@H](C)C(=O)NCc2ccc(OC(C)C)cc2)CC1. The number of sulfonamides is 1. The summed E-state index contributed by atoms with van der Waals surface area (Å²) in [4.78, 5) is 12.9. The molecule has 9 heteroatoms. The number of carbonyl (C=O) groups is 1. The molecule has 2 aromatic rings. The summed E-state index contributed by atoms with van der Waals surface area (Å²) in [5, 5.41) is 6.77. The van der Waals surface area contributed by atoms with Crippen molar-refractivity contribution in [1.82, 2.24) is 14.8 Å². The van der Waals surface area contributed by atoms with E-state index < -0.39 is 10.0 Å². The van der Waals surface area contributed by atoms with Crippen LogP contribution in [0.5, 0.6) is 5.75 Å². The minimum absolute atomic E-state index is 0.0143. The van der Waals surface area contributed by atoms with Gasteiger partial charge in [0.1, 0.15) is 16.3 Å². The molecule has 32 heavy (non-hydrogen) atoms. The number of amides is 1. The Morgan fingerprint density at radius 2 is 1.81 bits per heavy atom. The summed E-state index contributed by atoms with van der Waals surface area (Å²) in [7, 11) is -3.64. The van der Waals surface area contributed by atoms with Gasteiger partial charge >= 0.3 is 0 Å². The van der Waals surface area contributed by atoms with E-state index >= 15 is 0 Å². The molecule has 1 aliphatic rings. The largest absolute Gasteiger partial charge is 0.491 e. The molecule has 1 atom stereocenters. The number of hydrogen-bond acceptors (Lipinski definition) is 6. The molecule has 8 nitrogen and oxygen atoms in total. The van der Waals surface area contributed by atoms with Gasteiger partial charge in [-0.3, -0.25) is 4.79 Å². The second-order valence-electron chi connectivity index (χ2n) is 8.71. The van der Waals surface area contributed by atoms with Crippen molar-refractivity contribution >= 4 is 15.9 Å². The summed E-state index contributed by atoms with van der Waals surface area (Å²) in [6.07, 6.45) is 1.39. The van der Waals surface area contributed by atoms with Crippen molar-refractivity contribution < 1.29 is 22.5 Å². The molecule has 1 N–H and O–H groups in total. The van der Waals surface area contributed by atoms with Crippen LogP contribution in [0.1, 0.15) is 50.6 Å². The first-order valence-corrected chi connectivity index (χ1v) is 12.5. The van der Waals surface area contributed by atoms with Gasteiger partial charge in [0.25, 0.3) is 0 Å². The highest BCUT2D eigenvalue weighted by Gasteiger charge is 2.36. The van der Waals surface area contributed by atoms with Gasteiger partial charge in [-0.25, -0.2) is 8.42 Å². The topological polar surface area (TPSA) is 102 Å². The van der Waals surface area contributed by atoms with Crippen molar-refractivity contribution in [2.24, 2.45) is 11.8 Å². The number of carbonyl (C=O) groups excluding carboxylic acids is 1. The zero-order chi connectivity index (χ0) is 23.5. The Kier molecular flexibility index (Phi) is 7.61. The third-order valence-electron chi connectivity index (χ3n) is 5.95. The standard InChI is InChI=1S/C23H33N3O5S/c1-15(2)30-21-8-6-19(7-9-21)14-24-23(27)16(3)20-10-12-26(13-11-20)32(28,29)22-17(4)25-31-18(22)5/h6-9,15-16,20H,10-14H2,1-5H3,(H,24,27)/t16-/m1/s1. The van der Waals surface area contributed by atoms with E-state index in [4.69, 9.17) is 9.26 Å². The van der Waals surface area contributed by atoms with Crippen LogP contribution in [0.3, 0.4) is 0 Å². The van der Waals surface area contributed by atoms with Gasteiger partial charge in [0.15, 0.2) is 5.76 Å². The summed E-state index contributed by atoms with van der Waals surface area (Å²) >= 11 is 0. The predicted molar refractivity (Wildman–Crippen MR) is 121 cm³/mol. The maximum Gasteiger partial charge on any atom is 0.248 e. The number of nitrogens with zero attached hydrogens (tertiary/aromatic N) is 2. The van der Waals surface area contributed by atoms with Gasteiger partial charge in [0.05, 0.1) is 6.10 Å². The Balaban J connectivity index is 1.51. The number of benzene rings is 1. The second-order valence-corrected chi connectivity index (χ2v) is 10.6. The number of piperidine rings is 1. The molecule has 2 heterocycles. The molecular formula is C23H33N3O5S. The average molecular weight is 464 g/mol. The summed E-state index contributed by atoms with van der Waals surface area (Å²) in [5.74, 6) is 1.04. The van der Waals surface area contributed by atoms with Crippen LogP contribution in [0.2, 0.25) is 0 Å². The molecule has 1 aliphatic heterocycles. The van der Waals surface area contributed by atoms with Gasteiger partial charge in [0.2, 0.25) is 15.9 Å². The normalized spacial score (nSPS) is 16.8. The molecule has 0 saturated carbocycles. The molecule has 0 unspecified atom stereocenters. The molecule has 1 aromatic carbocycles. The zero-order valence-electron chi connectivity index (χ0n) is 19.4. The fraction of sp³-hybridized carbons (Fsp3) is 0.565. The maximum atomic E-state index is 13.0. The van der Waals surface area contributed by atoms with Gasteiger partial charge in [-0.1, -0.05) is 24.2 Å². The van der Waals surface area contributed by atoms with Crippen molar-refractivity contribution in [3.63, 3.8) is 0 Å². The van der Waals surface area contributed by atoms with E-state index in [1.807, 2.05) is 45.0 Å². The van der Waals surface area contributed by atoms with Crippen molar-refractivity contribution in [1.29, 1.82) is 0 Å². The predicted octanol–water partition coefficient (Wildman–Crippen LogP) is 3.43. The minimum Gasteiger partial charge on any atom is -0.491 e. The van der Waals surface area contributed by atoms with Crippen molar-refractivity contribution in [3.05, 3.63) is 41.3 Å². The monoisotopic (exact) mass is 463 g/mol. The lowest BCUT2D eigenvalue weighted by Gasteiger charge is -2.33. The molecular weight excluding hydrogens is 430 g/mol. The Hall–Kier alpha value is -2.39. The van der Waals surface area contributed by atoms with Gasteiger partial charge in [-0.05, 0) is 64.2 Å². The van der Waals surface area contributed by atoms with E-state index in [2.05, 4.69) is 10.5 Å². The molecule has 176 valence electrons. The van der Waals surface area contributed by atoms with E-state index in [0.717, 1.165) is 11.3 Å². The Morgan fingerprint density at radius 3 is 2.34 bits per heavy atom. The van der Waals surface area contributed by atoms with Crippen LogP contribution in [0.4, 0.5) is 0 Å². The van der Waals surface area contributed by atoms with Crippen LogP contribution in [0, 0.1) is 25.7 Å². The lowest BCUT2D eigenvalue weighted by atomic mass is 9.85. The van der Waals surface area contributed by atoms with Crippen molar-refractivity contribution in [2.75, 3.05) is 13.1 Å². The fourth-order valence-electron chi connectivity index (χ4n) is 4.11. The van der Waals surface area contributed by atoms with E-state index in [0.29, 0.717) is 43.9 Å². The van der Waals surface area contributed by atoms with Gasteiger partial charge in [-0.2, -0.15) is 4.31 Å². The highest BCUT2D eigenvalue weighted by Crippen LogP contribution is 2.30. The number of aryl methyl sites for hydroxylation is 2. The van der Waals surface area contributed by atoms with Crippen LogP contribution in [-0.2, 0) is 21.4 Å².